The van der Waals surface area contributed by atoms with E-state index < -0.39 is 23.8 Å². The van der Waals surface area contributed by atoms with E-state index in [2.05, 4.69) is 30.3 Å². The summed E-state index contributed by atoms with van der Waals surface area (Å²) in [5.74, 6) is 0.310. The summed E-state index contributed by atoms with van der Waals surface area (Å²) in [5.41, 5.74) is 0.541. The van der Waals surface area contributed by atoms with Gasteiger partial charge in [0.2, 0.25) is 0 Å². The van der Waals surface area contributed by atoms with Crippen LogP contribution >= 0.6 is 11.3 Å². The lowest BCUT2D eigenvalue weighted by atomic mass is 9.99. The molecule has 36 heavy (non-hydrogen) atoms. The highest BCUT2D eigenvalue weighted by Crippen LogP contribution is 2.54. The molecule has 2 aromatic heterocycles. The molecule has 2 N–H and O–H groups in total. The summed E-state index contributed by atoms with van der Waals surface area (Å²) in [6.45, 7) is 4.43. The number of benzene rings is 1. The Morgan fingerprint density at radius 3 is 2.61 bits per heavy atom. The quantitative estimate of drug-likeness (QED) is 0.515. The number of alkyl halides is 3. The Hall–Kier alpha value is -2.98. The Labute approximate surface area is 209 Å². The highest BCUT2D eigenvalue weighted by atomic mass is 32.1. The van der Waals surface area contributed by atoms with Crippen molar-refractivity contribution < 1.29 is 23.1 Å². The van der Waals surface area contributed by atoms with Gasteiger partial charge in [-0.1, -0.05) is 26.0 Å². The molecule has 2 aliphatic rings. The van der Waals surface area contributed by atoms with Crippen LogP contribution in [0, 0.1) is 0 Å². The van der Waals surface area contributed by atoms with E-state index in [1.165, 1.54) is 21.4 Å². The number of aliphatic hydroxyl groups is 1. The number of amides is 1. The number of nitrogens with one attached hydrogen (secondary N) is 1. The van der Waals surface area contributed by atoms with Gasteiger partial charge in [-0.25, -0.2) is 4.98 Å². The average Bonchev–Trinajstić information content (AvgIpc) is 3.50. The van der Waals surface area contributed by atoms with Crippen molar-refractivity contribution in [3.63, 3.8) is 0 Å². The number of aromatic amines is 1. The Balaban J connectivity index is 1.37. The van der Waals surface area contributed by atoms with E-state index in [9.17, 15) is 27.9 Å². The lowest BCUT2D eigenvalue weighted by molar-refractivity contribution is -0.142. The molecule has 0 radical (unpaired) electrons. The number of halogens is 3. The third-order valence-corrected chi connectivity index (χ3v) is 8.26. The average molecular weight is 518 g/mol. The minimum absolute atomic E-state index is 0.0592. The zero-order valence-corrected chi connectivity index (χ0v) is 20.7. The van der Waals surface area contributed by atoms with Crippen LogP contribution < -0.4 is 5.56 Å². The Morgan fingerprint density at radius 1 is 1.22 bits per heavy atom. The first kappa shape index (κ1) is 24.7. The summed E-state index contributed by atoms with van der Waals surface area (Å²) in [4.78, 5) is 36.2. The monoisotopic (exact) mass is 517 g/mol. The van der Waals surface area contributed by atoms with E-state index in [1.807, 2.05) is 0 Å². The lowest BCUT2D eigenvalue weighted by Gasteiger charge is -2.30. The summed E-state index contributed by atoms with van der Waals surface area (Å²) in [7, 11) is 0. The molecule has 10 heteroatoms. The Morgan fingerprint density at radius 2 is 1.97 bits per heavy atom. The van der Waals surface area contributed by atoms with Crippen molar-refractivity contribution in [1.82, 2.24) is 14.9 Å². The number of hydrogen-bond acceptors (Lipinski definition) is 5. The van der Waals surface area contributed by atoms with Crippen LogP contribution in [-0.2, 0) is 29.4 Å². The molecule has 190 valence electrons. The summed E-state index contributed by atoms with van der Waals surface area (Å²) in [6.07, 6.45) is -4.21. The van der Waals surface area contributed by atoms with Crippen LogP contribution in [0.15, 0.2) is 40.5 Å². The maximum absolute atomic E-state index is 13.0. The van der Waals surface area contributed by atoms with E-state index in [0.29, 0.717) is 29.4 Å². The Kier molecular flexibility index (Phi) is 6.07. The topological polar surface area (TPSA) is 86.3 Å². The van der Waals surface area contributed by atoms with E-state index in [-0.39, 0.29) is 29.6 Å². The van der Waals surface area contributed by atoms with Crippen LogP contribution in [0.5, 0.6) is 0 Å². The van der Waals surface area contributed by atoms with E-state index in [1.54, 1.807) is 11.3 Å². The van der Waals surface area contributed by atoms with Crippen LogP contribution in [-0.4, -0.2) is 32.4 Å². The summed E-state index contributed by atoms with van der Waals surface area (Å²) >= 11 is 1.68. The van der Waals surface area contributed by atoms with Gasteiger partial charge in [-0.15, -0.1) is 11.3 Å². The molecule has 1 amide bonds. The number of aromatic nitrogens is 2. The highest BCUT2D eigenvalue weighted by Gasteiger charge is 2.50. The summed E-state index contributed by atoms with van der Waals surface area (Å²) in [5, 5.41) is 12.7. The molecule has 0 saturated heterocycles. The van der Waals surface area contributed by atoms with Gasteiger partial charge < -0.3 is 15.0 Å². The van der Waals surface area contributed by atoms with E-state index in [4.69, 9.17) is 4.98 Å². The maximum atomic E-state index is 13.0. The summed E-state index contributed by atoms with van der Waals surface area (Å²) in [6, 6.07) is 6.28. The molecule has 0 spiro atoms. The van der Waals surface area contributed by atoms with Crippen LogP contribution in [0.4, 0.5) is 13.2 Å². The third-order valence-electron chi connectivity index (χ3n) is 7.11. The zero-order valence-electron chi connectivity index (χ0n) is 19.9. The number of hydrogen-bond donors (Lipinski definition) is 2. The second kappa shape index (κ2) is 8.85. The molecule has 1 unspecified atom stereocenters. The molecule has 3 aromatic rings. The van der Waals surface area contributed by atoms with Crippen molar-refractivity contribution in [3.8, 4) is 0 Å². The molecular weight excluding hydrogens is 491 g/mol. The molecule has 1 aliphatic heterocycles. The molecule has 0 bridgehead atoms. The minimum atomic E-state index is -4.59. The largest absolute Gasteiger partial charge is 0.416 e. The van der Waals surface area contributed by atoms with Crippen molar-refractivity contribution in [3.05, 3.63) is 84.7 Å². The maximum Gasteiger partial charge on any atom is 0.416 e. The third kappa shape index (κ3) is 4.37. The van der Waals surface area contributed by atoms with Crippen LogP contribution in [0.1, 0.15) is 77.4 Å². The molecule has 1 atom stereocenters. The molecule has 5 rings (SSSR count). The second-order valence-electron chi connectivity index (χ2n) is 9.86. The number of aliphatic hydroxyl groups excluding tert-OH is 1. The van der Waals surface area contributed by atoms with Crippen LogP contribution in [0.2, 0.25) is 0 Å². The first-order chi connectivity index (χ1) is 17.0. The lowest BCUT2D eigenvalue weighted by Crippen LogP contribution is -2.42. The normalized spacial score (nSPS) is 17.7. The van der Waals surface area contributed by atoms with Gasteiger partial charge in [-0.2, -0.15) is 13.2 Å². The van der Waals surface area contributed by atoms with Gasteiger partial charge in [0.1, 0.15) is 5.82 Å². The minimum Gasteiger partial charge on any atom is -0.378 e. The fourth-order valence-electron chi connectivity index (χ4n) is 4.67. The first-order valence-electron chi connectivity index (χ1n) is 11.8. The standard InChI is InChI=1S/C26H26F3N3O3S/c1-14(2)16-11-20(36-13-16)25(7-8-25)24-30-19-6-9-32(12-18(19)22(34)31-24)23(35)21(33)15-4-3-5-17(10-15)26(27,28)29/h3-5,10-11,13-14,21,33H,6-9,12H2,1-2H3,(H,30,31,34). The van der Waals surface area contributed by atoms with Gasteiger partial charge in [0.15, 0.2) is 6.10 Å². The van der Waals surface area contributed by atoms with Crippen LogP contribution in [0.25, 0.3) is 0 Å². The van der Waals surface area contributed by atoms with Crippen molar-refractivity contribution in [2.45, 2.75) is 63.3 Å². The van der Waals surface area contributed by atoms with Crippen molar-refractivity contribution in [2.75, 3.05) is 6.54 Å². The van der Waals surface area contributed by atoms with Gasteiger partial charge in [0, 0.05) is 17.8 Å². The zero-order chi connectivity index (χ0) is 25.8. The van der Waals surface area contributed by atoms with E-state index in [0.717, 1.165) is 31.0 Å². The number of thiophene rings is 1. The molecule has 1 aliphatic carbocycles. The molecule has 1 fully saturated rings. The number of H-pyrrole nitrogens is 1. The van der Waals surface area contributed by atoms with Gasteiger partial charge in [0.25, 0.3) is 11.5 Å². The van der Waals surface area contributed by atoms with Crippen molar-refractivity contribution >= 4 is 17.2 Å². The molecule has 3 heterocycles. The fraction of sp³-hybridized carbons (Fsp3) is 0.423. The van der Waals surface area contributed by atoms with Gasteiger partial charge in [-0.3, -0.25) is 9.59 Å². The Bertz CT molecular complexity index is 1370. The van der Waals surface area contributed by atoms with Crippen molar-refractivity contribution in [2.24, 2.45) is 0 Å². The van der Waals surface area contributed by atoms with Gasteiger partial charge in [-0.05, 0) is 53.5 Å². The predicted octanol–water partition coefficient (Wildman–Crippen LogP) is 4.67. The van der Waals surface area contributed by atoms with Crippen LogP contribution in [0.3, 0.4) is 0 Å². The molecule has 1 saturated carbocycles. The second-order valence-corrected chi connectivity index (χ2v) is 10.8. The first-order valence-corrected chi connectivity index (χ1v) is 12.7. The SMILES string of the molecule is CC(C)c1csc(C2(c3nc4c(c(=O)[nH]3)CN(C(=O)C(O)c3cccc(C(F)(F)F)c3)CC4)CC2)c1. The number of nitrogens with zero attached hydrogens (tertiary/aromatic N) is 2. The molecule has 1 aromatic carbocycles. The number of rotatable bonds is 5. The summed E-state index contributed by atoms with van der Waals surface area (Å²) < 4.78 is 39.1. The number of carbonyl (C=O) groups is 1. The number of fused-ring (bicyclic) bond motifs is 1. The smallest absolute Gasteiger partial charge is 0.378 e. The van der Waals surface area contributed by atoms with E-state index >= 15 is 0 Å². The van der Waals surface area contributed by atoms with Gasteiger partial charge in [0.05, 0.1) is 28.8 Å². The molecule has 6 nitrogen and oxygen atoms in total. The predicted molar refractivity (Wildman–Crippen MR) is 129 cm³/mol. The van der Waals surface area contributed by atoms with Gasteiger partial charge >= 0.3 is 6.18 Å². The number of carbonyl (C=O) groups excluding carboxylic acids is 1. The fourth-order valence-corrected chi connectivity index (χ4v) is 6.00. The highest BCUT2D eigenvalue weighted by molar-refractivity contribution is 7.10. The molecular formula is C26H26F3N3O3S. The van der Waals surface area contributed by atoms with Crippen molar-refractivity contribution in [1.29, 1.82) is 0 Å².